The van der Waals surface area contributed by atoms with Gasteiger partial charge in [0.05, 0.1) is 17.4 Å². The third-order valence-corrected chi connectivity index (χ3v) is 4.19. The predicted molar refractivity (Wildman–Crippen MR) is 91.0 cm³/mol. The van der Waals surface area contributed by atoms with Crippen LogP contribution in [0, 0.1) is 0 Å². The molecule has 0 unspecified atom stereocenters. The first-order valence-corrected chi connectivity index (χ1v) is 8.51. The van der Waals surface area contributed by atoms with Crippen LogP contribution in [0.3, 0.4) is 0 Å². The summed E-state index contributed by atoms with van der Waals surface area (Å²) in [5.41, 5.74) is 0.882. The molecule has 1 aromatic carbocycles. The molecule has 2 N–H and O–H groups in total. The Labute approximate surface area is 132 Å². The zero-order chi connectivity index (χ0) is 15.9. The lowest BCUT2D eigenvalue weighted by Gasteiger charge is -2.16. The van der Waals surface area contributed by atoms with Crippen LogP contribution in [0.1, 0.15) is 58.3 Å². The van der Waals surface area contributed by atoms with Crippen molar-refractivity contribution >= 4 is 10.9 Å². The van der Waals surface area contributed by atoms with E-state index in [-0.39, 0.29) is 11.6 Å². The number of nitrogens with two attached hydrogens (primary N) is 1. The van der Waals surface area contributed by atoms with Crippen molar-refractivity contribution < 1.29 is 5.32 Å². The molecule has 0 saturated heterocycles. The molecule has 1 heterocycles. The first-order chi connectivity index (χ1) is 10.7. The quantitative estimate of drug-likeness (QED) is 0.762. The molecule has 2 rings (SSSR count). The second-order valence-corrected chi connectivity index (χ2v) is 5.91. The zero-order valence-electron chi connectivity index (χ0n) is 14.0. The number of rotatable bonds is 8. The molecule has 1 aromatic heterocycles. The van der Waals surface area contributed by atoms with Crippen molar-refractivity contribution in [1.82, 2.24) is 9.55 Å². The summed E-state index contributed by atoms with van der Waals surface area (Å²) < 4.78 is 1.82. The van der Waals surface area contributed by atoms with Crippen LogP contribution >= 0.6 is 0 Å². The van der Waals surface area contributed by atoms with Crippen molar-refractivity contribution in [3.8, 4) is 0 Å². The van der Waals surface area contributed by atoms with Crippen LogP contribution in [-0.4, -0.2) is 16.1 Å². The van der Waals surface area contributed by atoms with Crippen LogP contribution in [0.5, 0.6) is 0 Å². The third kappa shape index (κ3) is 3.74. The highest BCUT2D eigenvalue weighted by atomic mass is 16.1. The van der Waals surface area contributed by atoms with E-state index in [0.717, 1.165) is 17.9 Å². The number of hydrogen-bond acceptors (Lipinski definition) is 2. The predicted octanol–water partition coefficient (Wildman–Crippen LogP) is 2.62. The fourth-order valence-electron chi connectivity index (χ4n) is 2.88. The van der Waals surface area contributed by atoms with Gasteiger partial charge in [-0.15, -0.1) is 0 Å². The number of fused-ring (bicyclic) bond motifs is 1. The van der Waals surface area contributed by atoms with Gasteiger partial charge in [0.25, 0.3) is 5.56 Å². The Kier molecular flexibility index (Phi) is 6.13. The molecule has 0 aliphatic rings. The maximum Gasteiger partial charge on any atom is 0.261 e. The van der Waals surface area contributed by atoms with Gasteiger partial charge in [-0.2, -0.15) is 0 Å². The molecule has 0 amide bonds. The average Bonchev–Trinajstić information content (AvgIpc) is 2.54. The van der Waals surface area contributed by atoms with Gasteiger partial charge >= 0.3 is 0 Å². The summed E-state index contributed by atoms with van der Waals surface area (Å²) in [6.45, 7) is 8.14. The maximum atomic E-state index is 12.6. The molecular weight excluding hydrogens is 274 g/mol. The first-order valence-electron chi connectivity index (χ1n) is 8.51. The lowest BCUT2D eigenvalue weighted by atomic mass is 10.2. The SMILES string of the molecule is CCCCCC[NH2+][C@H](C)c1nc2ccccc2c(=O)n1CC. The van der Waals surface area contributed by atoms with Crippen LogP contribution in [0.4, 0.5) is 0 Å². The van der Waals surface area contributed by atoms with Crippen molar-refractivity contribution in [1.29, 1.82) is 0 Å². The van der Waals surface area contributed by atoms with Crippen molar-refractivity contribution in [3.63, 3.8) is 0 Å². The van der Waals surface area contributed by atoms with Gasteiger partial charge < -0.3 is 5.32 Å². The van der Waals surface area contributed by atoms with E-state index in [1.54, 1.807) is 0 Å². The molecule has 1 atom stereocenters. The molecule has 4 nitrogen and oxygen atoms in total. The van der Waals surface area contributed by atoms with E-state index < -0.39 is 0 Å². The second-order valence-electron chi connectivity index (χ2n) is 5.91. The molecule has 22 heavy (non-hydrogen) atoms. The number of unbranched alkanes of at least 4 members (excludes halogenated alkanes) is 3. The lowest BCUT2D eigenvalue weighted by Crippen LogP contribution is -2.85. The Morgan fingerprint density at radius 2 is 1.95 bits per heavy atom. The summed E-state index contributed by atoms with van der Waals surface area (Å²) in [6.07, 6.45) is 5.07. The minimum absolute atomic E-state index is 0.0781. The van der Waals surface area contributed by atoms with Crippen molar-refractivity contribution in [2.45, 2.75) is 59.0 Å². The van der Waals surface area contributed by atoms with E-state index in [1.807, 2.05) is 35.8 Å². The summed E-state index contributed by atoms with van der Waals surface area (Å²) in [5.74, 6) is 0.890. The van der Waals surface area contributed by atoms with E-state index in [9.17, 15) is 4.79 Å². The Morgan fingerprint density at radius 3 is 2.68 bits per heavy atom. The lowest BCUT2D eigenvalue weighted by molar-refractivity contribution is -0.694. The smallest absolute Gasteiger partial charge is 0.261 e. The van der Waals surface area contributed by atoms with Crippen molar-refractivity contribution in [2.75, 3.05) is 6.54 Å². The maximum absolute atomic E-state index is 12.6. The minimum Gasteiger partial charge on any atom is -0.338 e. The van der Waals surface area contributed by atoms with Gasteiger partial charge in [-0.05, 0) is 38.8 Å². The van der Waals surface area contributed by atoms with Crippen LogP contribution in [0.2, 0.25) is 0 Å². The van der Waals surface area contributed by atoms with Crippen LogP contribution in [-0.2, 0) is 6.54 Å². The molecule has 0 fully saturated rings. The van der Waals surface area contributed by atoms with Gasteiger partial charge in [0.2, 0.25) is 0 Å². The largest absolute Gasteiger partial charge is 0.338 e. The summed E-state index contributed by atoms with van der Waals surface area (Å²) in [4.78, 5) is 17.4. The molecule has 4 heteroatoms. The fourth-order valence-corrected chi connectivity index (χ4v) is 2.88. The van der Waals surface area contributed by atoms with Gasteiger partial charge in [-0.25, -0.2) is 4.98 Å². The van der Waals surface area contributed by atoms with E-state index in [1.165, 1.54) is 25.7 Å². The molecule has 0 bridgehead atoms. The Bertz CT molecular complexity index is 663. The number of aromatic nitrogens is 2. The van der Waals surface area contributed by atoms with Gasteiger partial charge in [-0.3, -0.25) is 9.36 Å². The second kappa shape index (κ2) is 8.08. The van der Waals surface area contributed by atoms with Crippen LogP contribution < -0.4 is 10.9 Å². The Hall–Kier alpha value is -1.68. The van der Waals surface area contributed by atoms with Crippen molar-refractivity contribution in [3.05, 3.63) is 40.4 Å². The monoisotopic (exact) mass is 302 g/mol. The molecule has 120 valence electrons. The minimum atomic E-state index is 0.0781. The number of para-hydroxylation sites is 1. The van der Waals surface area contributed by atoms with Crippen LogP contribution in [0.15, 0.2) is 29.1 Å². The molecule has 0 aliphatic heterocycles. The number of benzene rings is 1. The molecule has 0 aliphatic carbocycles. The van der Waals surface area contributed by atoms with E-state index >= 15 is 0 Å². The molecular formula is C18H28N3O+. The standard InChI is InChI=1S/C18H27N3O/c1-4-6-7-10-13-19-14(3)17-20-16-12-9-8-11-15(16)18(22)21(17)5-2/h8-9,11-12,14,19H,4-7,10,13H2,1-3H3/p+1/t14-/m1/s1. The number of quaternary nitrogens is 1. The third-order valence-electron chi connectivity index (χ3n) is 4.19. The number of hydrogen-bond donors (Lipinski definition) is 1. The molecule has 0 radical (unpaired) electrons. The van der Waals surface area contributed by atoms with E-state index in [4.69, 9.17) is 4.98 Å². The summed E-state index contributed by atoms with van der Waals surface area (Å²) in [6, 6.07) is 7.83. The van der Waals surface area contributed by atoms with Gasteiger partial charge in [-0.1, -0.05) is 31.9 Å². The Balaban J connectivity index is 2.20. The summed E-state index contributed by atoms with van der Waals surface area (Å²) in [5, 5.41) is 3.02. The first kappa shape index (κ1) is 16.7. The highest BCUT2D eigenvalue weighted by Crippen LogP contribution is 2.11. The van der Waals surface area contributed by atoms with Gasteiger partial charge in [0.15, 0.2) is 5.82 Å². The summed E-state index contributed by atoms with van der Waals surface area (Å²) in [7, 11) is 0. The van der Waals surface area contributed by atoms with E-state index in [2.05, 4.69) is 19.2 Å². The van der Waals surface area contributed by atoms with Gasteiger partial charge in [0, 0.05) is 6.54 Å². The highest BCUT2D eigenvalue weighted by molar-refractivity contribution is 5.77. The normalized spacial score (nSPS) is 12.7. The number of nitrogens with zero attached hydrogens (tertiary/aromatic N) is 2. The molecule has 2 aromatic rings. The van der Waals surface area contributed by atoms with E-state index in [0.29, 0.717) is 11.9 Å². The fraction of sp³-hybridized carbons (Fsp3) is 0.556. The zero-order valence-corrected chi connectivity index (χ0v) is 14.0. The molecule has 0 saturated carbocycles. The average molecular weight is 302 g/mol. The topological polar surface area (TPSA) is 51.5 Å². The highest BCUT2D eigenvalue weighted by Gasteiger charge is 2.17. The van der Waals surface area contributed by atoms with Crippen molar-refractivity contribution in [2.24, 2.45) is 0 Å². The molecule has 0 spiro atoms. The summed E-state index contributed by atoms with van der Waals surface area (Å²) >= 11 is 0. The Morgan fingerprint density at radius 1 is 1.18 bits per heavy atom. The van der Waals surface area contributed by atoms with Crippen LogP contribution in [0.25, 0.3) is 10.9 Å². The van der Waals surface area contributed by atoms with Gasteiger partial charge in [0.1, 0.15) is 6.04 Å².